The Labute approximate surface area is 176 Å². The Balaban J connectivity index is 1.50. The van der Waals surface area contributed by atoms with Crippen molar-refractivity contribution in [3.63, 3.8) is 0 Å². The van der Waals surface area contributed by atoms with E-state index in [0.29, 0.717) is 30.1 Å². The van der Waals surface area contributed by atoms with Gasteiger partial charge in [0.2, 0.25) is 11.7 Å². The summed E-state index contributed by atoms with van der Waals surface area (Å²) in [6, 6.07) is 12.2. The van der Waals surface area contributed by atoms with Crippen molar-refractivity contribution in [2.45, 2.75) is 32.2 Å². The van der Waals surface area contributed by atoms with E-state index in [9.17, 15) is 4.79 Å². The van der Waals surface area contributed by atoms with Crippen LogP contribution in [0.3, 0.4) is 0 Å². The summed E-state index contributed by atoms with van der Waals surface area (Å²) in [6.45, 7) is 2.84. The Morgan fingerprint density at radius 2 is 1.80 bits per heavy atom. The molecule has 1 aliphatic rings. The second-order valence-corrected chi connectivity index (χ2v) is 7.61. The molecule has 0 fully saturated rings. The van der Waals surface area contributed by atoms with E-state index in [1.54, 1.807) is 21.3 Å². The number of hydrogen-bond donors (Lipinski definition) is 1. The van der Waals surface area contributed by atoms with Crippen molar-refractivity contribution in [3.8, 4) is 17.2 Å². The van der Waals surface area contributed by atoms with E-state index >= 15 is 0 Å². The van der Waals surface area contributed by atoms with Crippen molar-refractivity contribution >= 4 is 16.8 Å². The van der Waals surface area contributed by atoms with Crippen LogP contribution in [0.5, 0.6) is 17.2 Å². The average Bonchev–Trinajstić information content (AvgIpc) is 3.16. The van der Waals surface area contributed by atoms with Crippen molar-refractivity contribution in [3.05, 3.63) is 53.2 Å². The number of H-pyrrole nitrogens is 1. The monoisotopic (exact) mass is 408 g/mol. The van der Waals surface area contributed by atoms with Gasteiger partial charge in [0, 0.05) is 29.6 Å². The highest BCUT2D eigenvalue weighted by Crippen LogP contribution is 2.39. The second-order valence-electron chi connectivity index (χ2n) is 7.61. The fourth-order valence-corrected chi connectivity index (χ4v) is 4.44. The summed E-state index contributed by atoms with van der Waals surface area (Å²) >= 11 is 0. The molecule has 4 rings (SSSR count). The number of carbonyl (C=O) groups is 1. The van der Waals surface area contributed by atoms with Crippen molar-refractivity contribution in [2.75, 3.05) is 27.9 Å². The molecule has 1 amide bonds. The predicted molar refractivity (Wildman–Crippen MR) is 117 cm³/mol. The molecule has 158 valence electrons. The Morgan fingerprint density at radius 1 is 1.10 bits per heavy atom. The van der Waals surface area contributed by atoms with Gasteiger partial charge in [-0.3, -0.25) is 4.79 Å². The number of carbonyl (C=O) groups excluding carboxylic acids is 1. The van der Waals surface area contributed by atoms with E-state index in [0.717, 1.165) is 29.7 Å². The Morgan fingerprint density at radius 3 is 2.47 bits per heavy atom. The molecule has 1 aliphatic heterocycles. The van der Waals surface area contributed by atoms with Crippen LogP contribution in [-0.2, 0) is 17.6 Å². The first-order chi connectivity index (χ1) is 14.6. The van der Waals surface area contributed by atoms with Gasteiger partial charge < -0.3 is 24.1 Å². The molecule has 0 unspecified atom stereocenters. The Kier molecular flexibility index (Phi) is 5.57. The van der Waals surface area contributed by atoms with Crippen LogP contribution in [0, 0.1) is 0 Å². The van der Waals surface area contributed by atoms with Gasteiger partial charge in [0.1, 0.15) is 0 Å². The number of benzene rings is 2. The van der Waals surface area contributed by atoms with Crippen molar-refractivity contribution in [1.82, 2.24) is 9.88 Å². The summed E-state index contributed by atoms with van der Waals surface area (Å²) in [5, 5.41) is 1.27. The first-order valence-corrected chi connectivity index (χ1v) is 10.2. The van der Waals surface area contributed by atoms with E-state index in [1.165, 1.54) is 10.9 Å². The van der Waals surface area contributed by atoms with Crippen molar-refractivity contribution < 1.29 is 19.0 Å². The number of aromatic amines is 1. The van der Waals surface area contributed by atoms with Crippen LogP contribution in [0.4, 0.5) is 0 Å². The molecule has 6 heteroatoms. The normalized spacial score (nSPS) is 15.7. The van der Waals surface area contributed by atoms with Gasteiger partial charge in [-0.15, -0.1) is 0 Å². The molecular formula is C24H28N2O4. The molecule has 0 bridgehead atoms. The van der Waals surface area contributed by atoms with Crippen LogP contribution >= 0.6 is 0 Å². The van der Waals surface area contributed by atoms with Crippen LogP contribution < -0.4 is 14.2 Å². The molecule has 2 aromatic carbocycles. The second kappa shape index (κ2) is 8.30. The number of ether oxygens (including phenoxy) is 3. The summed E-state index contributed by atoms with van der Waals surface area (Å²) in [7, 11) is 4.78. The zero-order chi connectivity index (χ0) is 21.3. The van der Waals surface area contributed by atoms with E-state index in [2.05, 4.69) is 30.1 Å². The van der Waals surface area contributed by atoms with Crippen LogP contribution in [0.15, 0.2) is 36.4 Å². The van der Waals surface area contributed by atoms with Gasteiger partial charge in [0.25, 0.3) is 0 Å². The molecular weight excluding hydrogens is 380 g/mol. The van der Waals surface area contributed by atoms with Gasteiger partial charge in [-0.05, 0) is 49.1 Å². The standard InChI is InChI=1S/C24H28N2O4/c1-15-23-18(17-7-5-6-8-19(17)25-23)11-12-26(15)22(27)10-9-16-13-20(28-2)24(30-4)21(14-16)29-3/h5-8,13-15,25H,9-12H2,1-4H3/t15-/m0/s1. The summed E-state index contributed by atoms with van der Waals surface area (Å²) in [6.07, 6.45) is 1.91. The minimum atomic E-state index is 0.0357. The first kappa shape index (κ1) is 20.1. The molecule has 6 nitrogen and oxygen atoms in total. The molecule has 30 heavy (non-hydrogen) atoms. The van der Waals surface area contributed by atoms with Crippen LogP contribution in [0.25, 0.3) is 10.9 Å². The van der Waals surface area contributed by atoms with Gasteiger partial charge in [0.15, 0.2) is 11.5 Å². The van der Waals surface area contributed by atoms with Crippen LogP contribution in [0.1, 0.15) is 36.2 Å². The number of rotatable bonds is 6. The smallest absolute Gasteiger partial charge is 0.223 e. The number of nitrogens with one attached hydrogen (secondary N) is 1. The van der Waals surface area contributed by atoms with Crippen molar-refractivity contribution in [2.24, 2.45) is 0 Å². The molecule has 1 atom stereocenters. The Bertz CT molecular complexity index is 1050. The SMILES string of the molecule is COc1cc(CCC(=O)N2CCc3c([nH]c4ccccc34)[C@@H]2C)cc(OC)c1OC. The molecule has 1 aromatic heterocycles. The zero-order valence-electron chi connectivity index (χ0n) is 18.0. The van der Waals surface area contributed by atoms with E-state index in [-0.39, 0.29) is 11.9 Å². The summed E-state index contributed by atoms with van der Waals surface area (Å²) in [5.41, 5.74) is 4.62. The van der Waals surface area contributed by atoms with E-state index in [1.807, 2.05) is 23.1 Å². The highest BCUT2D eigenvalue weighted by atomic mass is 16.5. The van der Waals surface area contributed by atoms with Gasteiger partial charge in [-0.2, -0.15) is 0 Å². The lowest BCUT2D eigenvalue weighted by Crippen LogP contribution is -2.38. The zero-order valence-corrected chi connectivity index (χ0v) is 18.0. The van der Waals surface area contributed by atoms with Gasteiger partial charge >= 0.3 is 0 Å². The topological polar surface area (TPSA) is 63.8 Å². The highest BCUT2D eigenvalue weighted by molar-refractivity contribution is 5.86. The van der Waals surface area contributed by atoms with Gasteiger partial charge in [0.05, 0.1) is 27.4 Å². The molecule has 0 saturated heterocycles. The number of fused-ring (bicyclic) bond motifs is 3. The molecule has 2 heterocycles. The fourth-order valence-electron chi connectivity index (χ4n) is 4.44. The number of para-hydroxylation sites is 1. The summed E-state index contributed by atoms with van der Waals surface area (Å²) in [4.78, 5) is 18.6. The van der Waals surface area contributed by atoms with Gasteiger partial charge in [-0.25, -0.2) is 0 Å². The minimum Gasteiger partial charge on any atom is -0.493 e. The molecule has 3 aromatic rings. The average molecular weight is 408 g/mol. The molecule has 0 spiro atoms. The van der Waals surface area contributed by atoms with E-state index in [4.69, 9.17) is 14.2 Å². The third kappa shape index (κ3) is 3.47. The number of aryl methyl sites for hydroxylation is 1. The first-order valence-electron chi connectivity index (χ1n) is 10.2. The van der Waals surface area contributed by atoms with Gasteiger partial charge in [-0.1, -0.05) is 18.2 Å². The number of nitrogens with zero attached hydrogens (tertiary/aromatic N) is 1. The lowest BCUT2D eigenvalue weighted by molar-refractivity contribution is -0.133. The third-order valence-corrected chi connectivity index (χ3v) is 6.01. The molecule has 0 aliphatic carbocycles. The number of aromatic nitrogens is 1. The highest BCUT2D eigenvalue weighted by Gasteiger charge is 2.30. The number of hydrogen-bond acceptors (Lipinski definition) is 4. The maximum atomic E-state index is 13.1. The van der Waals surface area contributed by atoms with Crippen LogP contribution in [0.2, 0.25) is 0 Å². The predicted octanol–water partition coefficient (Wildman–Crippen LogP) is 4.27. The summed E-state index contributed by atoms with van der Waals surface area (Å²) in [5.74, 6) is 1.92. The molecule has 1 N–H and O–H groups in total. The maximum Gasteiger partial charge on any atom is 0.223 e. The fraction of sp³-hybridized carbons (Fsp3) is 0.375. The summed E-state index contributed by atoms with van der Waals surface area (Å²) < 4.78 is 16.2. The maximum absolute atomic E-state index is 13.1. The number of amides is 1. The number of methoxy groups -OCH3 is 3. The lowest BCUT2D eigenvalue weighted by atomic mass is 9.97. The lowest BCUT2D eigenvalue weighted by Gasteiger charge is -2.33. The van der Waals surface area contributed by atoms with Crippen molar-refractivity contribution in [1.29, 1.82) is 0 Å². The third-order valence-electron chi connectivity index (χ3n) is 6.01. The minimum absolute atomic E-state index is 0.0357. The quantitative estimate of drug-likeness (QED) is 0.662. The van der Waals surface area contributed by atoms with E-state index < -0.39 is 0 Å². The molecule has 0 radical (unpaired) electrons. The Hall–Kier alpha value is -3.15. The van der Waals surface area contributed by atoms with Crippen LogP contribution in [-0.4, -0.2) is 43.7 Å². The molecule has 0 saturated carbocycles. The largest absolute Gasteiger partial charge is 0.493 e.